The maximum atomic E-state index is 13.3. The first kappa shape index (κ1) is 22.5. The van der Waals surface area contributed by atoms with Crippen LogP contribution in [0.5, 0.6) is 5.75 Å². The molecule has 0 spiro atoms. The molecule has 1 unspecified atom stereocenters. The van der Waals surface area contributed by atoms with Crippen LogP contribution in [0.3, 0.4) is 0 Å². The lowest BCUT2D eigenvalue weighted by Crippen LogP contribution is -3.11. The highest BCUT2D eigenvalue weighted by Gasteiger charge is 2.44. The Morgan fingerprint density at radius 2 is 1.87 bits per heavy atom. The Kier molecular flexibility index (Phi) is 7.41. The molecule has 0 saturated carbocycles. The lowest BCUT2D eigenvalue weighted by atomic mass is 9.95. The molecule has 7 heteroatoms. The maximum absolute atomic E-state index is 13.3. The first-order valence-corrected chi connectivity index (χ1v) is 10.7. The van der Waals surface area contributed by atoms with Gasteiger partial charge in [0.2, 0.25) is 5.78 Å². The van der Waals surface area contributed by atoms with Crippen molar-refractivity contribution in [3.05, 3.63) is 65.5 Å². The van der Waals surface area contributed by atoms with Crippen LogP contribution in [0.15, 0.2) is 54.4 Å². The van der Waals surface area contributed by atoms with Crippen LogP contribution < -0.4 is 14.7 Å². The number of pyridine rings is 1. The van der Waals surface area contributed by atoms with E-state index >= 15 is 0 Å². The number of nitrogens with one attached hydrogen (secondary N) is 1. The number of carbonyl (C=O) groups is 2. The third kappa shape index (κ3) is 4.77. The molecule has 7 nitrogen and oxygen atoms in total. The number of benzene rings is 1. The van der Waals surface area contributed by atoms with Gasteiger partial charge in [-0.05, 0) is 49.2 Å². The number of likely N-dealkylation sites (tertiary alicyclic amines) is 1. The van der Waals surface area contributed by atoms with Gasteiger partial charge in [0.15, 0.2) is 0 Å². The highest BCUT2D eigenvalue weighted by molar-refractivity contribution is 6.46. The van der Waals surface area contributed by atoms with Gasteiger partial charge in [-0.1, -0.05) is 17.9 Å². The molecule has 1 N–H and O–H groups in total. The first-order chi connectivity index (χ1) is 15.0. The molecule has 1 aliphatic heterocycles. The zero-order chi connectivity index (χ0) is 22.4. The standard InChI is InChI=1S/C24H29N3O4/c1-4-26(5-2)14-7-15-27-21(18-8-6-9-19(16-18)31-3)20(23(29)24(27)30)22(28)17-10-12-25-13-11-17/h6,8-13,16,21,28H,4-5,7,14-15H2,1-3H3. The van der Waals surface area contributed by atoms with Crippen molar-refractivity contribution in [2.75, 3.05) is 33.3 Å². The molecule has 2 aromatic rings. The highest BCUT2D eigenvalue weighted by atomic mass is 16.5. The quantitative estimate of drug-likeness (QED) is 0.363. The average Bonchev–Trinajstić information content (AvgIpc) is 3.07. The summed E-state index contributed by atoms with van der Waals surface area (Å²) in [6, 6.07) is 9.57. The fourth-order valence-corrected chi connectivity index (χ4v) is 4.02. The summed E-state index contributed by atoms with van der Waals surface area (Å²) in [6.45, 7) is 7.55. The van der Waals surface area contributed by atoms with Crippen LogP contribution in [0.2, 0.25) is 0 Å². The van der Waals surface area contributed by atoms with Crippen LogP contribution in [0, 0.1) is 0 Å². The number of quaternary nitrogens is 1. The number of ether oxygens (including phenoxy) is 1. The van der Waals surface area contributed by atoms with Crippen LogP contribution in [0.25, 0.3) is 5.76 Å². The number of rotatable bonds is 9. The van der Waals surface area contributed by atoms with E-state index in [2.05, 4.69) is 18.8 Å². The molecular formula is C24H29N3O4. The fraction of sp³-hybridized carbons (Fsp3) is 0.375. The van der Waals surface area contributed by atoms with E-state index in [-0.39, 0.29) is 5.57 Å². The summed E-state index contributed by atoms with van der Waals surface area (Å²) < 4.78 is 5.33. The predicted octanol–water partition coefficient (Wildman–Crippen LogP) is 0.629. The molecule has 2 heterocycles. The van der Waals surface area contributed by atoms with Crippen molar-refractivity contribution in [3.8, 4) is 5.75 Å². The average molecular weight is 424 g/mol. The van der Waals surface area contributed by atoms with E-state index in [0.717, 1.165) is 26.1 Å². The smallest absolute Gasteiger partial charge is 0.295 e. The van der Waals surface area contributed by atoms with Gasteiger partial charge in [0.05, 0.1) is 32.8 Å². The van der Waals surface area contributed by atoms with Gasteiger partial charge in [-0.25, -0.2) is 0 Å². The van der Waals surface area contributed by atoms with Crippen molar-refractivity contribution >= 4 is 17.4 Å². The van der Waals surface area contributed by atoms with Crippen LogP contribution in [0.4, 0.5) is 0 Å². The zero-order valence-electron chi connectivity index (χ0n) is 18.3. The number of ketones is 1. The Hall–Kier alpha value is -3.19. The van der Waals surface area contributed by atoms with Crippen LogP contribution in [-0.2, 0) is 9.59 Å². The largest absolute Gasteiger partial charge is 0.872 e. The van der Waals surface area contributed by atoms with Crippen molar-refractivity contribution < 1.29 is 24.3 Å². The summed E-state index contributed by atoms with van der Waals surface area (Å²) in [5.74, 6) is -1.19. The fourth-order valence-electron chi connectivity index (χ4n) is 4.02. The third-order valence-electron chi connectivity index (χ3n) is 5.81. The summed E-state index contributed by atoms with van der Waals surface area (Å²) in [6.07, 6.45) is 3.74. The molecule has 1 atom stereocenters. The number of amides is 1. The molecule has 1 aliphatic rings. The lowest BCUT2D eigenvalue weighted by molar-refractivity contribution is -0.896. The monoisotopic (exact) mass is 423 g/mol. The molecule has 1 fully saturated rings. The van der Waals surface area contributed by atoms with Gasteiger partial charge in [0.1, 0.15) is 5.75 Å². The second-order valence-electron chi connectivity index (χ2n) is 7.55. The molecule has 1 aromatic heterocycles. The van der Waals surface area contributed by atoms with Gasteiger partial charge in [-0.2, -0.15) is 0 Å². The second kappa shape index (κ2) is 10.2. The van der Waals surface area contributed by atoms with Gasteiger partial charge < -0.3 is 19.6 Å². The van der Waals surface area contributed by atoms with Gasteiger partial charge in [0.25, 0.3) is 5.91 Å². The SMILES string of the molecule is CC[NH+](CC)CCCN1C(=O)C(=O)C(=C([O-])c2ccncc2)C1c1cccc(OC)c1. The van der Waals surface area contributed by atoms with E-state index in [1.807, 2.05) is 6.07 Å². The topological polar surface area (TPSA) is 87.0 Å². The van der Waals surface area contributed by atoms with E-state index in [0.29, 0.717) is 23.4 Å². The number of carbonyl (C=O) groups excluding carboxylic acids is 2. The number of aromatic nitrogens is 1. The van der Waals surface area contributed by atoms with Crippen LogP contribution >= 0.6 is 0 Å². The zero-order valence-corrected chi connectivity index (χ0v) is 18.3. The van der Waals surface area contributed by atoms with Crippen molar-refractivity contribution in [2.45, 2.75) is 26.3 Å². The van der Waals surface area contributed by atoms with E-state index in [9.17, 15) is 14.7 Å². The van der Waals surface area contributed by atoms with E-state index in [4.69, 9.17) is 4.74 Å². The van der Waals surface area contributed by atoms with Gasteiger partial charge >= 0.3 is 0 Å². The van der Waals surface area contributed by atoms with E-state index in [1.165, 1.54) is 22.2 Å². The van der Waals surface area contributed by atoms with Crippen molar-refractivity contribution in [1.82, 2.24) is 9.88 Å². The lowest BCUT2D eigenvalue weighted by Gasteiger charge is -2.28. The third-order valence-corrected chi connectivity index (χ3v) is 5.81. The molecule has 3 rings (SSSR count). The molecule has 1 saturated heterocycles. The minimum absolute atomic E-state index is 0.0142. The molecule has 0 aliphatic carbocycles. The molecule has 164 valence electrons. The van der Waals surface area contributed by atoms with Crippen molar-refractivity contribution in [1.29, 1.82) is 0 Å². The first-order valence-electron chi connectivity index (χ1n) is 10.7. The molecule has 31 heavy (non-hydrogen) atoms. The van der Waals surface area contributed by atoms with Gasteiger partial charge in [0, 0.05) is 30.9 Å². The normalized spacial score (nSPS) is 18.1. The number of hydrogen-bond acceptors (Lipinski definition) is 5. The summed E-state index contributed by atoms with van der Waals surface area (Å²) in [5.41, 5.74) is 1.01. The number of Topliss-reactive ketones (excluding diaryl/α,β-unsaturated/α-hetero) is 1. The molecule has 0 radical (unpaired) electrons. The van der Waals surface area contributed by atoms with E-state index < -0.39 is 23.5 Å². The number of hydrogen-bond donors (Lipinski definition) is 1. The minimum atomic E-state index is -0.734. The maximum Gasteiger partial charge on any atom is 0.295 e. The van der Waals surface area contributed by atoms with Crippen LogP contribution in [-0.4, -0.2) is 54.9 Å². The molecule has 0 bridgehead atoms. The highest BCUT2D eigenvalue weighted by Crippen LogP contribution is 2.39. The minimum Gasteiger partial charge on any atom is -0.872 e. The summed E-state index contributed by atoms with van der Waals surface area (Å²) >= 11 is 0. The van der Waals surface area contributed by atoms with Crippen molar-refractivity contribution in [3.63, 3.8) is 0 Å². The van der Waals surface area contributed by atoms with Crippen molar-refractivity contribution in [2.24, 2.45) is 0 Å². The Balaban J connectivity index is 2.03. The number of methoxy groups -OCH3 is 1. The van der Waals surface area contributed by atoms with Crippen LogP contribution in [0.1, 0.15) is 37.4 Å². The Morgan fingerprint density at radius 3 is 2.52 bits per heavy atom. The van der Waals surface area contributed by atoms with E-state index in [1.54, 1.807) is 37.4 Å². The van der Waals surface area contributed by atoms with Gasteiger partial charge in [-0.3, -0.25) is 14.6 Å². The Morgan fingerprint density at radius 1 is 1.16 bits per heavy atom. The Bertz CT molecular complexity index is 954. The molecule has 1 amide bonds. The predicted molar refractivity (Wildman–Crippen MR) is 115 cm³/mol. The number of nitrogens with zero attached hydrogens (tertiary/aromatic N) is 2. The summed E-state index contributed by atoms with van der Waals surface area (Å²) in [7, 11) is 1.56. The summed E-state index contributed by atoms with van der Waals surface area (Å²) in [4.78, 5) is 32.8. The Labute approximate surface area is 183 Å². The second-order valence-corrected chi connectivity index (χ2v) is 7.55. The van der Waals surface area contributed by atoms with Gasteiger partial charge in [-0.15, -0.1) is 0 Å². The summed E-state index contributed by atoms with van der Waals surface area (Å²) in [5, 5.41) is 13.3. The molecule has 1 aromatic carbocycles. The molecular weight excluding hydrogens is 394 g/mol.